The van der Waals surface area contributed by atoms with Crippen molar-refractivity contribution in [2.45, 2.75) is 11.3 Å². The summed E-state index contributed by atoms with van der Waals surface area (Å²) >= 11 is 0. The third-order valence-corrected chi connectivity index (χ3v) is 8.33. The molecule has 0 saturated carbocycles. The minimum absolute atomic E-state index is 0.248. The number of para-hydroxylation sites is 1. The molecule has 0 unspecified atom stereocenters. The van der Waals surface area contributed by atoms with Crippen LogP contribution in [0, 0.1) is 23.2 Å². The predicted molar refractivity (Wildman–Crippen MR) is 146 cm³/mol. The van der Waals surface area contributed by atoms with Crippen molar-refractivity contribution >= 4 is 29.6 Å². The van der Waals surface area contributed by atoms with E-state index in [9.17, 15) is 19.6 Å². The Bertz CT molecular complexity index is 1740. The van der Waals surface area contributed by atoms with Crippen molar-refractivity contribution < 1.29 is 14.4 Å². The molecule has 1 N–H and O–H groups in total. The maximum atomic E-state index is 14.4. The number of carbonyl (C=O) groups is 3. The standard InChI is InChI=1S/C32H21N5O3/c33-17-20-7-1-6-12-25(20)37-30(39)27-26-21-8-2-4-10-23(21)32(28(27)31(37)40,24-11-5-3-9-22(24)26)18-35-36-29(38)19-13-15-34-16-14-19/h1-16,18,26-28H,(H,36,38)/b35-18-/t26?,27-,28+,32?/m1/s1. The molecule has 1 saturated heterocycles. The number of hydrazone groups is 1. The number of aromatic nitrogens is 1. The molecular formula is C32H21N5O3. The van der Waals surface area contributed by atoms with Crippen LogP contribution in [0.1, 0.15) is 44.1 Å². The van der Waals surface area contributed by atoms with Gasteiger partial charge < -0.3 is 0 Å². The first-order valence-corrected chi connectivity index (χ1v) is 12.9. The van der Waals surface area contributed by atoms with Crippen molar-refractivity contribution in [2.75, 3.05) is 4.90 Å². The maximum absolute atomic E-state index is 14.4. The largest absolute Gasteiger partial charge is 0.274 e. The highest BCUT2D eigenvalue weighted by atomic mass is 16.2. The topological polar surface area (TPSA) is 116 Å². The molecule has 1 aliphatic heterocycles. The first-order valence-electron chi connectivity index (χ1n) is 12.9. The lowest BCUT2D eigenvalue weighted by atomic mass is 9.47. The molecule has 2 atom stereocenters. The van der Waals surface area contributed by atoms with E-state index in [-0.39, 0.29) is 23.1 Å². The fourth-order valence-electron chi connectivity index (χ4n) is 6.81. The van der Waals surface area contributed by atoms with Crippen LogP contribution in [-0.2, 0) is 15.0 Å². The molecule has 8 rings (SSSR count). The molecule has 3 aliphatic carbocycles. The fourth-order valence-corrected chi connectivity index (χ4v) is 6.81. The van der Waals surface area contributed by atoms with Crippen molar-refractivity contribution in [1.82, 2.24) is 10.4 Å². The zero-order valence-electron chi connectivity index (χ0n) is 21.1. The van der Waals surface area contributed by atoms with E-state index >= 15 is 0 Å². The fraction of sp³-hybridized carbons (Fsp3) is 0.125. The summed E-state index contributed by atoms with van der Waals surface area (Å²) in [5, 5.41) is 14.2. The molecule has 4 aromatic rings. The predicted octanol–water partition coefficient (Wildman–Crippen LogP) is 3.92. The average Bonchev–Trinajstić information content (AvgIpc) is 3.28. The summed E-state index contributed by atoms with van der Waals surface area (Å²) in [4.78, 5) is 46.5. The highest BCUT2D eigenvalue weighted by Crippen LogP contribution is 2.63. The van der Waals surface area contributed by atoms with Crippen LogP contribution in [0.25, 0.3) is 0 Å². The van der Waals surface area contributed by atoms with E-state index in [1.165, 1.54) is 17.3 Å². The van der Waals surface area contributed by atoms with E-state index in [1.54, 1.807) is 42.6 Å². The number of carbonyl (C=O) groups excluding carboxylic acids is 3. The second-order valence-corrected chi connectivity index (χ2v) is 10.1. The SMILES string of the molecule is N#Cc1ccccc1N1C(=O)[C@@H]2C3c4ccccc4C(/C=N\NC(=O)c4ccncc4)(c4ccccc43)[C@@H]2C1=O. The molecule has 40 heavy (non-hydrogen) atoms. The number of anilines is 1. The number of nitrogens with zero attached hydrogens (tertiary/aromatic N) is 4. The average molecular weight is 524 g/mol. The second kappa shape index (κ2) is 8.82. The number of hydrogen-bond donors (Lipinski definition) is 1. The molecule has 3 amide bonds. The molecule has 0 radical (unpaired) electrons. The van der Waals surface area contributed by atoms with Crippen LogP contribution >= 0.6 is 0 Å². The van der Waals surface area contributed by atoms with E-state index in [1.807, 2.05) is 48.5 Å². The van der Waals surface area contributed by atoms with Gasteiger partial charge in [-0.3, -0.25) is 19.4 Å². The zero-order valence-corrected chi connectivity index (χ0v) is 21.1. The molecule has 1 fully saturated rings. The molecule has 4 aliphatic rings. The Morgan fingerprint density at radius 2 is 1.52 bits per heavy atom. The van der Waals surface area contributed by atoms with E-state index in [4.69, 9.17) is 0 Å². The Labute approximate surface area is 229 Å². The summed E-state index contributed by atoms with van der Waals surface area (Å²) in [7, 11) is 0. The highest BCUT2D eigenvalue weighted by molar-refractivity contribution is 6.25. The Morgan fingerprint density at radius 1 is 0.900 bits per heavy atom. The van der Waals surface area contributed by atoms with Gasteiger partial charge in [0.1, 0.15) is 6.07 Å². The first-order chi connectivity index (χ1) is 19.6. The van der Waals surface area contributed by atoms with Gasteiger partial charge in [-0.05, 0) is 46.5 Å². The number of amides is 3. The van der Waals surface area contributed by atoms with Crippen LogP contribution < -0.4 is 10.3 Å². The van der Waals surface area contributed by atoms with Gasteiger partial charge in [-0.15, -0.1) is 0 Å². The van der Waals surface area contributed by atoms with Gasteiger partial charge in [0.15, 0.2) is 0 Å². The monoisotopic (exact) mass is 523 g/mol. The van der Waals surface area contributed by atoms with Crippen molar-refractivity contribution in [3.63, 3.8) is 0 Å². The lowest BCUT2D eigenvalue weighted by Gasteiger charge is -2.52. The van der Waals surface area contributed by atoms with Gasteiger partial charge in [0.05, 0.1) is 28.5 Å². The van der Waals surface area contributed by atoms with Crippen LogP contribution in [0.3, 0.4) is 0 Å². The van der Waals surface area contributed by atoms with Gasteiger partial charge in [0.25, 0.3) is 5.91 Å². The van der Waals surface area contributed by atoms with E-state index in [2.05, 4.69) is 21.6 Å². The lowest BCUT2D eigenvalue weighted by molar-refractivity contribution is -0.122. The number of benzene rings is 3. The van der Waals surface area contributed by atoms with E-state index in [0.717, 1.165) is 22.3 Å². The number of nitriles is 1. The van der Waals surface area contributed by atoms with Gasteiger partial charge >= 0.3 is 0 Å². The van der Waals surface area contributed by atoms with Gasteiger partial charge in [-0.2, -0.15) is 10.4 Å². The lowest BCUT2D eigenvalue weighted by Crippen LogP contribution is -2.54. The number of rotatable bonds is 4. The van der Waals surface area contributed by atoms with Gasteiger partial charge in [0.2, 0.25) is 11.8 Å². The summed E-state index contributed by atoms with van der Waals surface area (Å²) in [5.74, 6) is -3.01. The minimum Gasteiger partial charge on any atom is -0.274 e. The van der Waals surface area contributed by atoms with Crippen molar-refractivity contribution in [3.8, 4) is 6.07 Å². The zero-order chi connectivity index (χ0) is 27.4. The second-order valence-electron chi connectivity index (χ2n) is 10.1. The third kappa shape index (κ3) is 3.09. The third-order valence-electron chi connectivity index (χ3n) is 8.33. The Hall–Kier alpha value is -5.42. The molecular weight excluding hydrogens is 502 g/mol. The molecule has 8 nitrogen and oxygen atoms in total. The van der Waals surface area contributed by atoms with Gasteiger partial charge in [-0.25, -0.2) is 10.3 Å². The molecule has 0 spiro atoms. The Morgan fingerprint density at radius 3 is 2.20 bits per heavy atom. The number of nitrogens with one attached hydrogen (secondary N) is 1. The van der Waals surface area contributed by atoms with Crippen LogP contribution in [0.15, 0.2) is 102 Å². The number of pyridine rings is 1. The van der Waals surface area contributed by atoms with Crippen LogP contribution in [-0.4, -0.2) is 28.9 Å². The van der Waals surface area contributed by atoms with Crippen molar-refractivity contribution in [2.24, 2.45) is 16.9 Å². The molecule has 8 heteroatoms. The van der Waals surface area contributed by atoms with Crippen molar-refractivity contribution in [3.05, 3.63) is 131 Å². The minimum atomic E-state index is -1.12. The molecule has 1 aromatic heterocycles. The summed E-state index contributed by atoms with van der Waals surface area (Å²) in [6, 6.07) is 27.5. The summed E-state index contributed by atoms with van der Waals surface area (Å²) in [5.41, 5.74) is 6.04. The summed E-state index contributed by atoms with van der Waals surface area (Å²) in [6.45, 7) is 0. The smallest absolute Gasteiger partial charge is 0.271 e. The van der Waals surface area contributed by atoms with Crippen molar-refractivity contribution in [1.29, 1.82) is 5.26 Å². The van der Waals surface area contributed by atoms with E-state index < -0.39 is 29.1 Å². The molecule has 2 heterocycles. The van der Waals surface area contributed by atoms with Gasteiger partial charge in [-0.1, -0.05) is 60.7 Å². The van der Waals surface area contributed by atoms with Crippen LogP contribution in [0.5, 0.6) is 0 Å². The number of hydrogen-bond acceptors (Lipinski definition) is 6. The van der Waals surface area contributed by atoms with Gasteiger partial charge in [0, 0.05) is 30.1 Å². The molecule has 192 valence electrons. The first kappa shape index (κ1) is 23.7. The highest BCUT2D eigenvalue weighted by Gasteiger charge is 2.68. The quantitative estimate of drug-likeness (QED) is 0.247. The van der Waals surface area contributed by atoms with Crippen LogP contribution in [0.2, 0.25) is 0 Å². The summed E-state index contributed by atoms with van der Waals surface area (Å²) in [6.07, 6.45) is 4.66. The Balaban J connectivity index is 1.43. The maximum Gasteiger partial charge on any atom is 0.271 e. The normalized spacial score (nSPS) is 23.9. The van der Waals surface area contributed by atoms with Crippen LogP contribution in [0.4, 0.5) is 5.69 Å². The van der Waals surface area contributed by atoms with E-state index in [0.29, 0.717) is 5.56 Å². The Kier molecular flexibility index (Phi) is 5.22. The summed E-state index contributed by atoms with van der Waals surface area (Å²) < 4.78 is 0. The molecule has 3 aromatic carbocycles. The number of imide groups is 1. The molecule has 2 bridgehead atoms.